The van der Waals surface area contributed by atoms with Gasteiger partial charge in [0, 0.05) is 12.1 Å². The number of amides is 1. The summed E-state index contributed by atoms with van der Waals surface area (Å²) in [5.41, 5.74) is 3.10. The summed E-state index contributed by atoms with van der Waals surface area (Å²) in [6.07, 6.45) is 2.98. The van der Waals surface area contributed by atoms with Crippen molar-refractivity contribution in [2.45, 2.75) is 46.6 Å². The molecule has 0 saturated carbocycles. The number of anilines is 1. The van der Waals surface area contributed by atoms with E-state index in [9.17, 15) is 4.79 Å². The molecule has 0 fully saturated rings. The predicted octanol–water partition coefficient (Wildman–Crippen LogP) is 3.10. The molecule has 1 N–H and O–H groups in total. The number of benzene rings is 1. The standard InChI is InChI=1S/C18H26N4O2/c1-5-6-10-16-20-18(24-21-16)12-22(4)11-17(23)19-15-9-7-8-13(2)14(15)3/h7-9H,5-6,10-12H2,1-4H3,(H,19,23). The summed E-state index contributed by atoms with van der Waals surface area (Å²) in [4.78, 5) is 18.4. The van der Waals surface area contributed by atoms with Crippen LogP contribution in [0.15, 0.2) is 22.7 Å². The second-order valence-corrected chi connectivity index (χ2v) is 6.18. The summed E-state index contributed by atoms with van der Waals surface area (Å²) in [6.45, 7) is 6.89. The molecule has 130 valence electrons. The number of rotatable bonds is 8. The average molecular weight is 330 g/mol. The Morgan fingerprint density at radius 1 is 1.33 bits per heavy atom. The topological polar surface area (TPSA) is 71.3 Å². The fraction of sp³-hybridized carbons (Fsp3) is 0.500. The molecule has 1 aromatic heterocycles. The van der Waals surface area contributed by atoms with E-state index in [4.69, 9.17) is 4.52 Å². The summed E-state index contributed by atoms with van der Waals surface area (Å²) >= 11 is 0. The van der Waals surface area contributed by atoms with Gasteiger partial charge in [-0.15, -0.1) is 0 Å². The molecule has 0 unspecified atom stereocenters. The van der Waals surface area contributed by atoms with Crippen molar-refractivity contribution >= 4 is 11.6 Å². The van der Waals surface area contributed by atoms with Gasteiger partial charge >= 0.3 is 0 Å². The van der Waals surface area contributed by atoms with Crippen LogP contribution < -0.4 is 5.32 Å². The lowest BCUT2D eigenvalue weighted by Crippen LogP contribution is -2.30. The molecule has 1 aromatic carbocycles. The van der Waals surface area contributed by atoms with Crippen molar-refractivity contribution in [1.82, 2.24) is 15.0 Å². The summed E-state index contributed by atoms with van der Waals surface area (Å²) in [6, 6.07) is 5.89. The van der Waals surface area contributed by atoms with Crippen molar-refractivity contribution < 1.29 is 9.32 Å². The van der Waals surface area contributed by atoms with Gasteiger partial charge in [-0.2, -0.15) is 4.98 Å². The molecule has 0 aliphatic rings. The van der Waals surface area contributed by atoms with E-state index in [-0.39, 0.29) is 12.5 Å². The summed E-state index contributed by atoms with van der Waals surface area (Å²) < 4.78 is 5.23. The molecule has 1 heterocycles. The van der Waals surface area contributed by atoms with Crippen LogP contribution in [-0.4, -0.2) is 34.5 Å². The number of nitrogens with one attached hydrogen (secondary N) is 1. The normalized spacial score (nSPS) is 11.0. The van der Waals surface area contributed by atoms with E-state index in [0.717, 1.165) is 41.9 Å². The van der Waals surface area contributed by atoms with Crippen LogP contribution in [0.25, 0.3) is 0 Å². The molecule has 24 heavy (non-hydrogen) atoms. The predicted molar refractivity (Wildman–Crippen MR) is 93.8 cm³/mol. The molecular weight excluding hydrogens is 304 g/mol. The monoisotopic (exact) mass is 330 g/mol. The molecule has 6 heteroatoms. The third-order valence-electron chi connectivity index (χ3n) is 3.96. The van der Waals surface area contributed by atoms with Crippen LogP contribution in [0.3, 0.4) is 0 Å². The van der Waals surface area contributed by atoms with E-state index in [1.807, 2.05) is 44.0 Å². The van der Waals surface area contributed by atoms with Crippen LogP contribution >= 0.6 is 0 Å². The zero-order valence-corrected chi connectivity index (χ0v) is 14.9. The molecule has 0 saturated heterocycles. The molecule has 2 rings (SSSR count). The molecule has 0 spiro atoms. The Morgan fingerprint density at radius 3 is 2.88 bits per heavy atom. The van der Waals surface area contributed by atoms with Gasteiger partial charge in [-0.3, -0.25) is 9.69 Å². The van der Waals surface area contributed by atoms with E-state index >= 15 is 0 Å². The Bertz CT molecular complexity index is 681. The fourth-order valence-corrected chi connectivity index (χ4v) is 2.40. The molecular formula is C18H26N4O2. The van der Waals surface area contributed by atoms with Crippen molar-refractivity contribution in [2.24, 2.45) is 0 Å². The number of hydrogen-bond donors (Lipinski definition) is 1. The first-order valence-corrected chi connectivity index (χ1v) is 8.35. The Kier molecular flexibility index (Phi) is 6.49. The number of nitrogens with zero attached hydrogens (tertiary/aromatic N) is 3. The summed E-state index contributed by atoms with van der Waals surface area (Å²) in [5.74, 6) is 1.22. The van der Waals surface area contributed by atoms with Crippen molar-refractivity contribution in [3.63, 3.8) is 0 Å². The maximum Gasteiger partial charge on any atom is 0.240 e. The number of aromatic nitrogens is 2. The first kappa shape index (κ1) is 18.1. The highest BCUT2D eigenvalue weighted by molar-refractivity contribution is 5.93. The Labute approximate surface area is 143 Å². The Balaban J connectivity index is 1.85. The first-order valence-electron chi connectivity index (χ1n) is 8.35. The lowest BCUT2D eigenvalue weighted by Gasteiger charge is -2.15. The zero-order chi connectivity index (χ0) is 17.5. The van der Waals surface area contributed by atoms with E-state index in [0.29, 0.717) is 12.4 Å². The highest BCUT2D eigenvalue weighted by Crippen LogP contribution is 2.17. The van der Waals surface area contributed by atoms with Crippen molar-refractivity contribution in [3.8, 4) is 0 Å². The Hall–Kier alpha value is -2.21. The van der Waals surface area contributed by atoms with Gasteiger partial charge in [-0.1, -0.05) is 30.6 Å². The van der Waals surface area contributed by atoms with Crippen molar-refractivity contribution in [3.05, 3.63) is 41.0 Å². The van der Waals surface area contributed by atoms with E-state index < -0.39 is 0 Å². The average Bonchev–Trinajstić information content (AvgIpc) is 2.97. The van der Waals surface area contributed by atoms with Crippen LogP contribution in [0.2, 0.25) is 0 Å². The molecule has 0 atom stereocenters. The van der Waals surface area contributed by atoms with Crippen LogP contribution in [-0.2, 0) is 17.8 Å². The summed E-state index contributed by atoms with van der Waals surface area (Å²) in [7, 11) is 1.86. The lowest BCUT2D eigenvalue weighted by molar-refractivity contribution is -0.117. The quantitative estimate of drug-likeness (QED) is 0.805. The van der Waals surface area contributed by atoms with Gasteiger partial charge in [0.05, 0.1) is 13.1 Å². The molecule has 1 amide bonds. The number of aryl methyl sites for hydroxylation is 2. The second-order valence-electron chi connectivity index (χ2n) is 6.18. The minimum atomic E-state index is -0.0584. The number of likely N-dealkylation sites (N-methyl/N-ethyl adjacent to an activating group) is 1. The van der Waals surface area contributed by atoms with Gasteiger partial charge in [0.25, 0.3) is 0 Å². The molecule has 0 aliphatic heterocycles. The fourth-order valence-electron chi connectivity index (χ4n) is 2.40. The van der Waals surface area contributed by atoms with E-state index in [1.54, 1.807) is 0 Å². The third-order valence-corrected chi connectivity index (χ3v) is 3.96. The van der Waals surface area contributed by atoms with E-state index in [2.05, 4.69) is 22.4 Å². The molecule has 6 nitrogen and oxygen atoms in total. The maximum atomic E-state index is 12.2. The van der Waals surface area contributed by atoms with Gasteiger partial charge in [-0.25, -0.2) is 0 Å². The number of carbonyl (C=O) groups is 1. The van der Waals surface area contributed by atoms with Crippen LogP contribution in [0.5, 0.6) is 0 Å². The van der Waals surface area contributed by atoms with Crippen molar-refractivity contribution in [1.29, 1.82) is 0 Å². The third kappa shape index (κ3) is 5.16. The largest absolute Gasteiger partial charge is 0.338 e. The van der Waals surface area contributed by atoms with Gasteiger partial charge in [0.2, 0.25) is 11.8 Å². The second kappa shape index (κ2) is 8.59. The Morgan fingerprint density at radius 2 is 2.12 bits per heavy atom. The molecule has 0 aliphatic carbocycles. The van der Waals surface area contributed by atoms with Crippen molar-refractivity contribution in [2.75, 3.05) is 18.9 Å². The zero-order valence-electron chi connectivity index (χ0n) is 14.9. The molecule has 0 radical (unpaired) electrons. The molecule has 0 bridgehead atoms. The van der Waals surface area contributed by atoms with Crippen LogP contribution in [0.4, 0.5) is 5.69 Å². The highest BCUT2D eigenvalue weighted by Gasteiger charge is 2.13. The first-order chi connectivity index (χ1) is 11.5. The van der Waals surface area contributed by atoms with Crippen LogP contribution in [0.1, 0.15) is 42.6 Å². The number of carbonyl (C=O) groups excluding carboxylic acids is 1. The van der Waals surface area contributed by atoms with E-state index in [1.165, 1.54) is 0 Å². The van der Waals surface area contributed by atoms with Gasteiger partial charge < -0.3 is 9.84 Å². The smallest absolute Gasteiger partial charge is 0.240 e. The van der Waals surface area contributed by atoms with Gasteiger partial charge in [0.15, 0.2) is 5.82 Å². The minimum Gasteiger partial charge on any atom is -0.338 e. The SMILES string of the molecule is CCCCc1noc(CN(C)CC(=O)Nc2cccc(C)c2C)n1. The number of hydrogen-bond acceptors (Lipinski definition) is 5. The minimum absolute atomic E-state index is 0.0584. The van der Waals surface area contributed by atoms with Gasteiger partial charge in [-0.05, 0) is 44.5 Å². The number of unbranched alkanes of at least 4 members (excludes halogenated alkanes) is 1. The highest BCUT2D eigenvalue weighted by atomic mass is 16.5. The maximum absolute atomic E-state index is 12.2. The summed E-state index contributed by atoms with van der Waals surface area (Å²) in [5, 5.41) is 6.92. The lowest BCUT2D eigenvalue weighted by atomic mass is 10.1. The molecule has 2 aromatic rings. The van der Waals surface area contributed by atoms with Gasteiger partial charge in [0.1, 0.15) is 0 Å². The van der Waals surface area contributed by atoms with Crippen LogP contribution in [0, 0.1) is 13.8 Å².